The number of rotatable bonds is 7. The first-order valence-electron chi connectivity index (χ1n) is 9.03. The molecule has 0 aromatic heterocycles. The first-order chi connectivity index (χ1) is 14.4. The van der Waals surface area contributed by atoms with Gasteiger partial charge in [0.25, 0.3) is 11.1 Å². The van der Waals surface area contributed by atoms with Crippen LogP contribution in [0.3, 0.4) is 0 Å². The SMILES string of the molecule is CCOc1cc(Br)c(/C=C2\SC(=O)N(CC(=O)Nc3ccccc3)C2=O)cc1OC. The van der Waals surface area contributed by atoms with Crippen molar-refractivity contribution >= 4 is 56.5 Å². The molecule has 30 heavy (non-hydrogen) atoms. The molecule has 0 radical (unpaired) electrons. The number of benzene rings is 2. The highest BCUT2D eigenvalue weighted by Crippen LogP contribution is 2.38. The van der Waals surface area contributed by atoms with Gasteiger partial charge in [0.05, 0.1) is 18.6 Å². The van der Waals surface area contributed by atoms with Gasteiger partial charge in [-0.15, -0.1) is 0 Å². The number of thioether (sulfide) groups is 1. The number of amides is 3. The molecule has 1 aliphatic rings. The summed E-state index contributed by atoms with van der Waals surface area (Å²) in [6.07, 6.45) is 1.59. The fourth-order valence-electron chi connectivity index (χ4n) is 2.73. The minimum absolute atomic E-state index is 0.222. The van der Waals surface area contributed by atoms with Gasteiger partial charge < -0.3 is 14.8 Å². The van der Waals surface area contributed by atoms with Gasteiger partial charge in [0.2, 0.25) is 5.91 Å². The Morgan fingerprint density at radius 3 is 2.60 bits per heavy atom. The summed E-state index contributed by atoms with van der Waals surface area (Å²) in [6.45, 7) is 1.99. The largest absolute Gasteiger partial charge is 0.493 e. The number of nitrogens with zero attached hydrogens (tertiary/aromatic N) is 1. The number of halogens is 1. The van der Waals surface area contributed by atoms with Gasteiger partial charge in [0, 0.05) is 10.2 Å². The number of carbonyl (C=O) groups is 3. The van der Waals surface area contributed by atoms with Gasteiger partial charge in [-0.05, 0) is 54.6 Å². The smallest absolute Gasteiger partial charge is 0.294 e. The van der Waals surface area contributed by atoms with E-state index in [0.717, 1.165) is 16.7 Å². The van der Waals surface area contributed by atoms with Gasteiger partial charge in [-0.1, -0.05) is 34.1 Å². The van der Waals surface area contributed by atoms with Crippen LogP contribution in [0, 0.1) is 0 Å². The maximum atomic E-state index is 12.7. The van der Waals surface area contributed by atoms with E-state index in [9.17, 15) is 14.4 Å². The minimum Gasteiger partial charge on any atom is -0.493 e. The van der Waals surface area contributed by atoms with E-state index in [4.69, 9.17) is 9.47 Å². The van der Waals surface area contributed by atoms with Crippen molar-refractivity contribution in [3.05, 3.63) is 57.4 Å². The van der Waals surface area contributed by atoms with Gasteiger partial charge in [0.1, 0.15) is 6.54 Å². The highest BCUT2D eigenvalue weighted by Gasteiger charge is 2.36. The number of methoxy groups -OCH3 is 1. The molecule has 0 aliphatic carbocycles. The topological polar surface area (TPSA) is 84.9 Å². The molecule has 7 nitrogen and oxygen atoms in total. The predicted molar refractivity (Wildman–Crippen MR) is 120 cm³/mol. The Balaban J connectivity index is 1.77. The molecule has 1 aliphatic heterocycles. The molecule has 0 saturated carbocycles. The molecule has 1 heterocycles. The van der Waals surface area contributed by atoms with Crippen molar-refractivity contribution in [2.45, 2.75) is 6.92 Å². The summed E-state index contributed by atoms with van der Waals surface area (Å²) >= 11 is 4.24. The molecule has 9 heteroatoms. The van der Waals surface area contributed by atoms with E-state index in [2.05, 4.69) is 21.2 Å². The Kier molecular flexibility index (Phi) is 7.17. The monoisotopic (exact) mass is 490 g/mol. The Bertz CT molecular complexity index is 1010. The average Bonchev–Trinajstić information content (AvgIpc) is 2.98. The van der Waals surface area contributed by atoms with Crippen LogP contribution in [0.1, 0.15) is 12.5 Å². The van der Waals surface area contributed by atoms with Crippen molar-refractivity contribution in [1.29, 1.82) is 0 Å². The fraction of sp³-hybridized carbons (Fsp3) is 0.190. The van der Waals surface area contributed by atoms with Gasteiger partial charge >= 0.3 is 0 Å². The molecule has 3 amide bonds. The lowest BCUT2D eigenvalue weighted by Gasteiger charge is -2.13. The van der Waals surface area contributed by atoms with Gasteiger partial charge in [-0.3, -0.25) is 19.3 Å². The van der Waals surface area contributed by atoms with Crippen molar-refractivity contribution in [3.8, 4) is 11.5 Å². The summed E-state index contributed by atoms with van der Waals surface area (Å²) in [5.74, 6) is 0.101. The average molecular weight is 491 g/mol. The standard InChI is InChI=1S/C21H19BrN2O5S/c1-3-29-17-11-15(22)13(9-16(17)28-2)10-18-20(26)24(21(27)30-18)12-19(25)23-14-7-5-4-6-8-14/h4-11H,3,12H2,1-2H3,(H,23,25)/b18-10-. The highest BCUT2D eigenvalue weighted by molar-refractivity contribution is 9.10. The van der Waals surface area contributed by atoms with E-state index in [1.807, 2.05) is 13.0 Å². The molecule has 0 bridgehead atoms. The van der Waals surface area contributed by atoms with E-state index in [-0.39, 0.29) is 11.4 Å². The van der Waals surface area contributed by atoms with E-state index >= 15 is 0 Å². The third-order valence-electron chi connectivity index (χ3n) is 4.10. The van der Waals surface area contributed by atoms with Crippen LogP contribution in [0.2, 0.25) is 0 Å². The Labute approximate surface area is 186 Å². The first-order valence-corrected chi connectivity index (χ1v) is 10.6. The maximum Gasteiger partial charge on any atom is 0.294 e. The lowest BCUT2D eigenvalue weighted by molar-refractivity contribution is -0.127. The molecule has 0 atom stereocenters. The third kappa shape index (κ3) is 5.03. The summed E-state index contributed by atoms with van der Waals surface area (Å²) in [6, 6.07) is 12.3. The van der Waals surface area contributed by atoms with Gasteiger partial charge in [-0.2, -0.15) is 0 Å². The van der Waals surface area contributed by atoms with Gasteiger partial charge in [0.15, 0.2) is 11.5 Å². The molecule has 0 unspecified atom stereocenters. The summed E-state index contributed by atoms with van der Waals surface area (Å²) < 4.78 is 11.5. The number of nitrogens with one attached hydrogen (secondary N) is 1. The van der Waals surface area contributed by atoms with Crippen molar-refractivity contribution in [2.75, 3.05) is 25.6 Å². The Morgan fingerprint density at radius 2 is 1.93 bits per heavy atom. The van der Waals surface area contributed by atoms with E-state index < -0.39 is 17.1 Å². The molecule has 3 rings (SSSR count). The third-order valence-corrected chi connectivity index (χ3v) is 5.70. The zero-order valence-corrected chi connectivity index (χ0v) is 18.7. The lowest BCUT2D eigenvalue weighted by atomic mass is 10.2. The van der Waals surface area contributed by atoms with E-state index in [1.165, 1.54) is 7.11 Å². The Morgan fingerprint density at radius 1 is 1.20 bits per heavy atom. The van der Waals surface area contributed by atoms with Crippen molar-refractivity contribution in [1.82, 2.24) is 4.90 Å². The zero-order valence-electron chi connectivity index (χ0n) is 16.3. The van der Waals surface area contributed by atoms with E-state index in [0.29, 0.717) is 33.8 Å². The van der Waals surface area contributed by atoms with Crippen LogP contribution in [0.15, 0.2) is 51.8 Å². The maximum absolute atomic E-state index is 12.7. The predicted octanol–water partition coefficient (Wildman–Crippen LogP) is 4.53. The molecule has 1 N–H and O–H groups in total. The summed E-state index contributed by atoms with van der Waals surface area (Å²) in [7, 11) is 1.52. The second-order valence-corrected chi connectivity index (χ2v) is 7.99. The lowest BCUT2D eigenvalue weighted by Crippen LogP contribution is -2.36. The number of hydrogen-bond donors (Lipinski definition) is 1. The van der Waals surface area contributed by atoms with Crippen LogP contribution in [-0.4, -0.2) is 42.2 Å². The quantitative estimate of drug-likeness (QED) is 0.573. The first kappa shape index (κ1) is 21.9. The fourth-order valence-corrected chi connectivity index (χ4v) is 4.00. The normalized spacial score (nSPS) is 14.9. The number of ether oxygens (including phenoxy) is 2. The molecule has 2 aromatic carbocycles. The number of imide groups is 1. The summed E-state index contributed by atoms with van der Waals surface area (Å²) in [5, 5.41) is 2.17. The summed E-state index contributed by atoms with van der Waals surface area (Å²) in [5.41, 5.74) is 1.24. The van der Waals surface area contributed by atoms with Crippen LogP contribution in [0.25, 0.3) is 6.08 Å². The van der Waals surface area contributed by atoms with Crippen LogP contribution >= 0.6 is 27.7 Å². The van der Waals surface area contributed by atoms with Crippen molar-refractivity contribution in [3.63, 3.8) is 0 Å². The van der Waals surface area contributed by atoms with Crippen molar-refractivity contribution < 1.29 is 23.9 Å². The van der Waals surface area contributed by atoms with Crippen molar-refractivity contribution in [2.24, 2.45) is 0 Å². The number of para-hydroxylation sites is 1. The highest BCUT2D eigenvalue weighted by atomic mass is 79.9. The zero-order chi connectivity index (χ0) is 21.7. The molecule has 156 valence electrons. The molecule has 0 spiro atoms. The van der Waals surface area contributed by atoms with Gasteiger partial charge in [-0.25, -0.2) is 0 Å². The molecule has 2 aromatic rings. The van der Waals surface area contributed by atoms with Crippen LogP contribution < -0.4 is 14.8 Å². The Hall–Kier alpha value is -2.78. The molecule has 1 saturated heterocycles. The van der Waals surface area contributed by atoms with E-state index in [1.54, 1.807) is 42.5 Å². The molecular formula is C21H19BrN2O5S. The second kappa shape index (κ2) is 9.82. The second-order valence-electron chi connectivity index (χ2n) is 6.14. The number of hydrogen-bond acceptors (Lipinski definition) is 6. The van der Waals surface area contributed by atoms with Crippen LogP contribution in [-0.2, 0) is 9.59 Å². The minimum atomic E-state index is -0.520. The summed E-state index contributed by atoms with van der Waals surface area (Å²) in [4.78, 5) is 38.4. The van der Waals surface area contributed by atoms with Crippen LogP contribution in [0.5, 0.6) is 11.5 Å². The molecular weight excluding hydrogens is 472 g/mol. The molecule has 1 fully saturated rings. The number of carbonyl (C=O) groups excluding carboxylic acids is 3. The number of anilines is 1. The van der Waals surface area contributed by atoms with Crippen LogP contribution in [0.4, 0.5) is 10.5 Å².